The highest BCUT2D eigenvalue weighted by Crippen LogP contribution is 2.31. The molecule has 0 aliphatic rings. The van der Waals surface area contributed by atoms with E-state index >= 15 is 0 Å². The lowest BCUT2D eigenvalue weighted by Crippen LogP contribution is -2.09. The summed E-state index contributed by atoms with van der Waals surface area (Å²) in [5, 5.41) is 8.39. The molecular formula is C7H2F3IN2. The fraction of sp³-hybridized carbons (Fsp3) is 0.143. The topological polar surface area (TPSA) is 36.7 Å². The smallest absolute Gasteiger partial charge is 0.231 e. The largest absolute Gasteiger partial charge is 0.419 e. The SMILES string of the molecule is N#Cc1nc(I)ccc1C(F)(F)F. The van der Waals surface area contributed by atoms with Gasteiger partial charge in [-0.2, -0.15) is 18.4 Å². The van der Waals surface area contributed by atoms with Crippen molar-refractivity contribution in [2.45, 2.75) is 6.18 Å². The molecule has 0 aliphatic carbocycles. The van der Waals surface area contributed by atoms with Crippen molar-refractivity contribution >= 4 is 22.6 Å². The minimum atomic E-state index is -4.51. The molecule has 1 aromatic rings. The molecule has 1 rings (SSSR count). The molecule has 1 heterocycles. The summed E-state index contributed by atoms with van der Waals surface area (Å²) in [5.74, 6) is 0. The van der Waals surface area contributed by atoms with Crippen molar-refractivity contribution in [1.29, 1.82) is 5.26 Å². The van der Waals surface area contributed by atoms with Crippen LogP contribution in [0.5, 0.6) is 0 Å². The van der Waals surface area contributed by atoms with Crippen molar-refractivity contribution in [3.05, 3.63) is 27.1 Å². The predicted molar refractivity (Wildman–Crippen MR) is 46.7 cm³/mol. The molecule has 1 aromatic heterocycles. The Morgan fingerprint density at radius 2 is 2.00 bits per heavy atom. The lowest BCUT2D eigenvalue weighted by atomic mass is 10.2. The van der Waals surface area contributed by atoms with E-state index in [9.17, 15) is 13.2 Å². The first-order valence-electron chi connectivity index (χ1n) is 3.09. The van der Waals surface area contributed by atoms with Gasteiger partial charge in [0.2, 0.25) is 0 Å². The van der Waals surface area contributed by atoms with Gasteiger partial charge in [-0.3, -0.25) is 0 Å². The molecule has 13 heavy (non-hydrogen) atoms. The van der Waals surface area contributed by atoms with Crippen LogP contribution in [-0.2, 0) is 6.18 Å². The number of alkyl halides is 3. The molecule has 6 heteroatoms. The Bertz CT molecular complexity index is 367. The number of hydrogen-bond donors (Lipinski definition) is 0. The molecule has 0 unspecified atom stereocenters. The average Bonchev–Trinajstić information content (AvgIpc) is 2.01. The summed E-state index contributed by atoms with van der Waals surface area (Å²) in [4.78, 5) is 3.46. The number of nitriles is 1. The maximum absolute atomic E-state index is 12.2. The van der Waals surface area contributed by atoms with E-state index in [0.717, 1.165) is 6.07 Å². The third-order valence-corrected chi connectivity index (χ3v) is 1.87. The van der Waals surface area contributed by atoms with Gasteiger partial charge in [-0.15, -0.1) is 0 Å². The van der Waals surface area contributed by atoms with Crippen LogP contribution in [0.4, 0.5) is 13.2 Å². The number of pyridine rings is 1. The minimum absolute atomic E-state index is 0.363. The Hall–Kier alpha value is -0.840. The third kappa shape index (κ3) is 2.30. The van der Waals surface area contributed by atoms with Gasteiger partial charge in [-0.05, 0) is 34.7 Å². The zero-order chi connectivity index (χ0) is 10.1. The number of aromatic nitrogens is 1. The zero-order valence-corrected chi connectivity index (χ0v) is 8.22. The maximum atomic E-state index is 12.2. The van der Waals surface area contributed by atoms with Gasteiger partial charge in [0, 0.05) is 0 Å². The average molecular weight is 298 g/mol. The fourth-order valence-electron chi connectivity index (χ4n) is 0.749. The van der Waals surface area contributed by atoms with Gasteiger partial charge in [0.1, 0.15) is 9.77 Å². The monoisotopic (exact) mass is 298 g/mol. The van der Waals surface area contributed by atoms with Crippen LogP contribution in [0, 0.1) is 15.0 Å². The summed E-state index contributed by atoms with van der Waals surface area (Å²) in [6.45, 7) is 0. The van der Waals surface area contributed by atoms with E-state index in [2.05, 4.69) is 4.98 Å². The van der Waals surface area contributed by atoms with E-state index in [4.69, 9.17) is 5.26 Å². The van der Waals surface area contributed by atoms with Crippen molar-refractivity contribution in [3.63, 3.8) is 0 Å². The zero-order valence-electron chi connectivity index (χ0n) is 6.06. The number of halogens is 4. The number of rotatable bonds is 0. The first kappa shape index (κ1) is 10.2. The van der Waals surface area contributed by atoms with Crippen molar-refractivity contribution in [2.75, 3.05) is 0 Å². The standard InChI is InChI=1S/C7H2F3IN2/c8-7(9,10)4-1-2-6(11)13-5(4)3-12/h1-2H. The maximum Gasteiger partial charge on any atom is 0.419 e. The summed E-state index contributed by atoms with van der Waals surface area (Å²) >= 11 is 1.74. The molecule has 0 radical (unpaired) electrons. The Morgan fingerprint density at radius 1 is 1.38 bits per heavy atom. The molecule has 0 N–H and O–H groups in total. The molecule has 0 amide bonds. The molecule has 0 saturated carbocycles. The molecule has 0 fully saturated rings. The van der Waals surface area contributed by atoms with Crippen LogP contribution >= 0.6 is 22.6 Å². The predicted octanol–water partition coefficient (Wildman–Crippen LogP) is 2.58. The second-order valence-electron chi connectivity index (χ2n) is 2.14. The molecular weight excluding hydrogens is 296 g/mol. The van der Waals surface area contributed by atoms with E-state index in [0.29, 0.717) is 3.70 Å². The Balaban J connectivity index is 3.32. The van der Waals surface area contributed by atoms with Crippen LogP contribution in [0.25, 0.3) is 0 Å². The van der Waals surface area contributed by atoms with Crippen LogP contribution in [0.1, 0.15) is 11.3 Å². The van der Waals surface area contributed by atoms with E-state index in [1.807, 2.05) is 0 Å². The van der Waals surface area contributed by atoms with E-state index in [1.54, 1.807) is 22.6 Å². The summed E-state index contributed by atoms with van der Waals surface area (Å²) < 4.78 is 36.9. The van der Waals surface area contributed by atoms with E-state index < -0.39 is 17.4 Å². The quantitative estimate of drug-likeness (QED) is 0.545. The van der Waals surface area contributed by atoms with Crippen LogP contribution in [0.2, 0.25) is 0 Å². The van der Waals surface area contributed by atoms with Gasteiger partial charge in [0.15, 0.2) is 5.69 Å². The number of nitrogens with zero attached hydrogens (tertiary/aromatic N) is 2. The molecule has 0 bridgehead atoms. The molecule has 0 atom stereocenters. The Labute approximate surface area is 85.5 Å². The summed E-state index contributed by atoms with van der Waals surface area (Å²) in [6.07, 6.45) is -4.51. The summed E-state index contributed by atoms with van der Waals surface area (Å²) in [6, 6.07) is 3.47. The highest BCUT2D eigenvalue weighted by atomic mass is 127. The minimum Gasteiger partial charge on any atom is -0.231 e. The van der Waals surface area contributed by atoms with Crippen molar-refractivity contribution in [2.24, 2.45) is 0 Å². The molecule has 2 nitrogen and oxygen atoms in total. The Kier molecular flexibility index (Phi) is 2.75. The molecule has 0 saturated heterocycles. The highest BCUT2D eigenvalue weighted by molar-refractivity contribution is 14.1. The van der Waals surface area contributed by atoms with Gasteiger partial charge in [0.05, 0.1) is 5.56 Å². The van der Waals surface area contributed by atoms with Crippen LogP contribution in [0.3, 0.4) is 0 Å². The van der Waals surface area contributed by atoms with Crippen molar-refractivity contribution in [3.8, 4) is 6.07 Å². The van der Waals surface area contributed by atoms with Crippen LogP contribution < -0.4 is 0 Å². The summed E-state index contributed by atoms with van der Waals surface area (Å²) in [5.41, 5.74) is -1.57. The van der Waals surface area contributed by atoms with Gasteiger partial charge < -0.3 is 0 Å². The van der Waals surface area contributed by atoms with Crippen molar-refractivity contribution in [1.82, 2.24) is 4.98 Å². The Morgan fingerprint density at radius 3 is 2.46 bits per heavy atom. The van der Waals surface area contributed by atoms with Crippen molar-refractivity contribution < 1.29 is 13.2 Å². The highest BCUT2D eigenvalue weighted by Gasteiger charge is 2.34. The first-order valence-corrected chi connectivity index (χ1v) is 4.17. The second-order valence-corrected chi connectivity index (χ2v) is 3.24. The molecule has 68 valence electrons. The van der Waals surface area contributed by atoms with Crippen LogP contribution in [0.15, 0.2) is 12.1 Å². The van der Waals surface area contributed by atoms with Gasteiger partial charge >= 0.3 is 6.18 Å². The third-order valence-electron chi connectivity index (χ3n) is 1.27. The number of hydrogen-bond acceptors (Lipinski definition) is 2. The van der Waals surface area contributed by atoms with Gasteiger partial charge in [-0.1, -0.05) is 0 Å². The molecule has 0 aromatic carbocycles. The second kappa shape index (κ2) is 3.49. The van der Waals surface area contributed by atoms with Gasteiger partial charge in [-0.25, -0.2) is 4.98 Å². The fourth-order valence-corrected chi connectivity index (χ4v) is 1.17. The lowest BCUT2D eigenvalue weighted by molar-refractivity contribution is -0.138. The normalized spacial score (nSPS) is 11.0. The summed E-state index contributed by atoms with van der Waals surface area (Å²) in [7, 11) is 0. The van der Waals surface area contributed by atoms with Crippen LogP contribution in [-0.4, -0.2) is 4.98 Å². The molecule has 0 spiro atoms. The van der Waals surface area contributed by atoms with E-state index in [1.165, 1.54) is 12.1 Å². The lowest BCUT2D eigenvalue weighted by Gasteiger charge is -2.06. The van der Waals surface area contributed by atoms with Gasteiger partial charge in [0.25, 0.3) is 0 Å². The van der Waals surface area contributed by atoms with E-state index in [-0.39, 0.29) is 0 Å². The first-order chi connectivity index (χ1) is 5.95. The molecule has 0 aliphatic heterocycles.